The van der Waals surface area contributed by atoms with Crippen molar-refractivity contribution >= 4 is 29.3 Å². The Morgan fingerprint density at radius 1 is 1.32 bits per heavy atom. The number of thioether (sulfide) groups is 1. The molecule has 152 valence electrons. The monoisotopic (exact) mass is 422 g/mol. The van der Waals surface area contributed by atoms with Crippen molar-refractivity contribution < 1.29 is 9.53 Å². The van der Waals surface area contributed by atoms with Crippen LogP contribution in [0, 0.1) is 5.92 Å². The average molecular weight is 423 g/mol. The number of ether oxygens (including phenoxy) is 1. The van der Waals surface area contributed by atoms with Crippen molar-refractivity contribution in [3.8, 4) is 5.75 Å². The third kappa shape index (κ3) is 5.41. The van der Waals surface area contributed by atoms with Crippen LogP contribution in [-0.4, -0.2) is 32.5 Å². The highest BCUT2D eigenvalue weighted by molar-refractivity contribution is 7.99. The summed E-state index contributed by atoms with van der Waals surface area (Å²) < 4.78 is 7.74. The summed E-state index contributed by atoms with van der Waals surface area (Å²) in [5, 5.41) is 12.9. The quantitative estimate of drug-likeness (QED) is 0.641. The number of carbonyl (C=O) groups excluding carboxylic acids is 1. The van der Waals surface area contributed by atoms with Gasteiger partial charge in [-0.05, 0) is 37.8 Å². The van der Waals surface area contributed by atoms with Crippen LogP contribution in [0.5, 0.6) is 5.75 Å². The predicted molar refractivity (Wildman–Crippen MR) is 112 cm³/mol. The van der Waals surface area contributed by atoms with Gasteiger partial charge in [0.05, 0.1) is 10.8 Å². The van der Waals surface area contributed by atoms with Gasteiger partial charge in [0.2, 0.25) is 5.91 Å². The molecule has 1 aliphatic carbocycles. The largest absolute Gasteiger partial charge is 0.484 e. The van der Waals surface area contributed by atoms with Gasteiger partial charge in [0.25, 0.3) is 0 Å². The van der Waals surface area contributed by atoms with Crippen LogP contribution in [-0.2, 0) is 17.9 Å². The highest BCUT2D eigenvalue weighted by Crippen LogP contribution is 2.26. The minimum Gasteiger partial charge on any atom is -0.484 e. The van der Waals surface area contributed by atoms with Crippen molar-refractivity contribution in [2.45, 2.75) is 63.9 Å². The summed E-state index contributed by atoms with van der Waals surface area (Å²) in [6.07, 6.45) is 4.73. The van der Waals surface area contributed by atoms with E-state index in [1.807, 2.05) is 29.7 Å². The van der Waals surface area contributed by atoms with Gasteiger partial charge in [0, 0.05) is 12.6 Å². The Morgan fingerprint density at radius 3 is 2.86 bits per heavy atom. The molecule has 1 heterocycles. The maximum atomic E-state index is 12.4. The van der Waals surface area contributed by atoms with Gasteiger partial charge in [-0.15, -0.1) is 10.2 Å². The molecule has 28 heavy (non-hydrogen) atoms. The number of benzene rings is 1. The minimum atomic E-state index is 0.0586. The highest BCUT2D eigenvalue weighted by atomic mass is 35.5. The van der Waals surface area contributed by atoms with Crippen LogP contribution in [0.2, 0.25) is 5.02 Å². The molecule has 6 nitrogen and oxygen atoms in total. The first-order valence-electron chi connectivity index (χ1n) is 9.80. The lowest BCUT2D eigenvalue weighted by Crippen LogP contribution is -2.41. The van der Waals surface area contributed by atoms with Gasteiger partial charge in [0.1, 0.15) is 12.4 Å². The molecule has 0 saturated heterocycles. The van der Waals surface area contributed by atoms with Gasteiger partial charge in [-0.1, -0.05) is 55.3 Å². The van der Waals surface area contributed by atoms with Crippen molar-refractivity contribution in [3.05, 3.63) is 35.1 Å². The molecule has 1 fully saturated rings. The summed E-state index contributed by atoms with van der Waals surface area (Å²) in [5.41, 5.74) is 0. The summed E-state index contributed by atoms with van der Waals surface area (Å²) >= 11 is 7.54. The number of amides is 1. The number of nitrogens with zero attached hydrogens (tertiary/aromatic N) is 3. The maximum Gasteiger partial charge on any atom is 0.230 e. The van der Waals surface area contributed by atoms with E-state index in [1.165, 1.54) is 31.0 Å². The number of nitrogens with one attached hydrogen (secondary N) is 1. The molecule has 0 radical (unpaired) electrons. The van der Waals surface area contributed by atoms with Crippen LogP contribution in [0.25, 0.3) is 0 Å². The van der Waals surface area contributed by atoms with Gasteiger partial charge in [-0.2, -0.15) is 0 Å². The van der Waals surface area contributed by atoms with Crippen LogP contribution in [0.4, 0.5) is 0 Å². The first-order chi connectivity index (χ1) is 13.6. The second-order valence-electron chi connectivity index (χ2n) is 7.09. The van der Waals surface area contributed by atoms with Crippen LogP contribution >= 0.6 is 23.4 Å². The normalized spacial score (nSPS) is 19.4. The lowest BCUT2D eigenvalue weighted by molar-refractivity contribution is -0.119. The third-order valence-corrected chi connectivity index (χ3v) is 6.37. The predicted octanol–water partition coefficient (Wildman–Crippen LogP) is 4.32. The Morgan fingerprint density at radius 2 is 2.11 bits per heavy atom. The summed E-state index contributed by atoms with van der Waals surface area (Å²) in [7, 11) is 0. The molecule has 2 aromatic rings. The number of carbonyl (C=O) groups is 1. The van der Waals surface area contributed by atoms with E-state index in [4.69, 9.17) is 16.3 Å². The molecule has 8 heteroatoms. The molecule has 1 aromatic heterocycles. The van der Waals surface area contributed by atoms with Crippen LogP contribution in [0.1, 0.15) is 45.4 Å². The average Bonchev–Trinajstić information content (AvgIpc) is 3.09. The van der Waals surface area contributed by atoms with Gasteiger partial charge >= 0.3 is 0 Å². The molecule has 2 atom stereocenters. The molecule has 1 aromatic carbocycles. The Labute approximate surface area is 175 Å². The fourth-order valence-corrected chi connectivity index (χ4v) is 4.49. The van der Waals surface area contributed by atoms with E-state index in [0.717, 1.165) is 11.6 Å². The molecule has 0 aliphatic heterocycles. The topological polar surface area (TPSA) is 69.0 Å². The van der Waals surface area contributed by atoms with Crippen molar-refractivity contribution in [1.82, 2.24) is 20.1 Å². The van der Waals surface area contributed by atoms with Gasteiger partial charge in [-0.25, -0.2) is 0 Å². The minimum absolute atomic E-state index is 0.0586. The van der Waals surface area contributed by atoms with Crippen molar-refractivity contribution in [2.24, 2.45) is 5.92 Å². The lowest BCUT2D eigenvalue weighted by atomic mass is 9.86. The summed E-state index contributed by atoms with van der Waals surface area (Å²) in [6.45, 7) is 5.22. The van der Waals surface area contributed by atoms with Crippen LogP contribution < -0.4 is 10.1 Å². The van der Waals surface area contributed by atoms with E-state index in [2.05, 4.69) is 22.4 Å². The second-order valence-corrected chi connectivity index (χ2v) is 8.44. The molecule has 3 rings (SSSR count). The second kappa shape index (κ2) is 10.2. The molecule has 1 saturated carbocycles. The molecular weight excluding hydrogens is 396 g/mol. The standard InChI is InChI=1S/C20H27ClN4O2S/c1-3-25-18(12-27-17-11-7-5-9-15(17)21)23-24-20(25)28-13-19(26)22-16-10-6-4-8-14(16)2/h5,7,9,11,14,16H,3-4,6,8,10,12-13H2,1-2H3,(H,22,26)/t14-,16-/m0/s1. The first-order valence-corrected chi connectivity index (χ1v) is 11.2. The van der Waals surface area contributed by atoms with Crippen molar-refractivity contribution in [3.63, 3.8) is 0 Å². The van der Waals surface area contributed by atoms with Crippen LogP contribution in [0.15, 0.2) is 29.4 Å². The van der Waals surface area contributed by atoms with E-state index < -0.39 is 0 Å². The molecule has 1 aliphatic rings. The van der Waals surface area contributed by atoms with E-state index in [1.54, 1.807) is 6.07 Å². The van der Waals surface area contributed by atoms with E-state index >= 15 is 0 Å². The number of para-hydroxylation sites is 1. The molecular formula is C20H27ClN4O2S. The Hall–Kier alpha value is -1.73. The Bertz CT molecular complexity index is 798. The summed E-state index contributed by atoms with van der Waals surface area (Å²) in [6, 6.07) is 7.64. The zero-order chi connectivity index (χ0) is 19.9. The number of halogens is 1. The molecule has 1 N–H and O–H groups in total. The summed E-state index contributed by atoms with van der Waals surface area (Å²) in [4.78, 5) is 12.4. The van der Waals surface area contributed by atoms with Crippen LogP contribution in [0.3, 0.4) is 0 Å². The summed E-state index contributed by atoms with van der Waals surface area (Å²) in [5.74, 6) is 2.28. The highest BCUT2D eigenvalue weighted by Gasteiger charge is 2.23. The third-order valence-electron chi connectivity index (χ3n) is 5.09. The fraction of sp³-hybridized carbons (Fsp3) is 0.550. The number of aromatic nitrogens is 3. The zero-order valence-electron chi connectivity index (χ0n) is 16.4. The Balaban J connectivity index is 1.54. The number of hydrogen-bond acceptors (Lipinski definition) is 5. The smallest absolute Gasteiger partial charge is 0.230 e. The number of rotatable bonds is 8. The Kier molecular flexibility index (Phi) is 7.62. The van der Waals surface area contributed by atoms with Gasteiger partial charge in [-0.3, -0.25) is 4.79 Å². The molecule has 0 spiro atoms. The van der Waals surface area contributed by atoms with Crippen molar-refractivity contribution in [2.75, 3.05) is 5.75 Å². The van der Waals surface area contributed by atoms with E-state index in [-0.39, 0.29) is 12.5 Å². The molecule has 1 amide bonds. The van der Waals surface area contributed by atoms with Crippen molar-refractivity contribution in [1.29, 1.82) is 0 Å². The fourth-order valence-electron chi connectivity index (χ4n) is 3.46. The molecule has 0 unspecified atom stereocenters. The van der Waals surface area contributed by atoms with E-state index in [9.17, 15) is 4.79 Å². The number of hydrogen-bond donors (Lipinski definition) is 1. The molecule has 0 bridgehead atoms. The maximum absolute atomic E-state index is 12.4. The lowest BCUT2D eigenvalue weighted by Gasteiger charge is -2.29. The zero-order valence-corrected chi connectivity index (χ0v) is 17.9. The van der Waals surface area contributed by atoms with Gasteiger partial charge in [0.15, 0.2) is 11.0 Å². The van der Waals surface area contributed by atoms with Gasteiger partial charge < -0.3 is 14.6 Å². The first kappa shape index (κ1) is 21.0. The SMILES string of the molecule is CCn1c(COc2ccccc2Cl)nnc1SCC(=O)N[C@H]1CCCC[C@@H]1C. The van der Waals surface area contributed by atoms with E-state index in [0.29, 0.717) is 40.9 Å².